The Labute approximate surface area is 219 Å². The van der Waals surface area contributed by atoms with Crippen molar-refractivity contribution in [3.63, 3.8) is 0 Å². The quantitative estimate of drug-likeness (QED) is 0.339. The number of carbonyl (C=O) groups is 1. The Hall–Kier alpha value is -3.71. The fourth-order valence-electron chi connectivity index (χ4n) is 5.27. The molecular formula is C30H36N6O. The lowest BCUT2D eigenvalue weighted by molar-refractivity contribution is 0.0950. The van der Waals surface area contributed by atoms with Crippen LogP contribution in [-0.4, -0.2) is 64.6 Å². The Bertz CT molecular complexity index is 1340. The van der Waals surface area contributed by atoms with E-state index >= 15 is 0 Å². The Morgan fingerprint density at radius 2 is 1.76 bits per heavy atom. The van der Waals surface area contributed by atoms with Crippen LogP contribution in [0.15, 0.2) is 67.0 Å². The van der Waals surface area contributed by atoms with Crippen molar-refractivity contribution in [3.05, 3.63) is 78.2 Å². The SMILES string of the molecule is CCCn1c(-c2ccccn2)cc(C(=O)NCCCN2CCN(c3cccc4cccnc34)CC2)c1C. The molecule has 37 heavy (non-hydrogen) atoms. The average Bonchev–Trinajstić information content (AvgIpc) is 3.27. The van der Waals surface area contributed by atoms with Gasteiger partial charge in [-0.3, -0.25) is 19.7 Å². The van der Waals surface area contributed by atoms with Gasteiger partial charge in [0.2, 0.25) is 0 Å². The molecule has 7 heteroatoms. The van der Waals surface area contributed by atoms with E-state index in [4.69, 9.17) is 0 Å². The van der Waals surface area contributed by atoms with Crippen molar-refractivity contribution >= 4 is 22.5 Å². The number of anilines is 1. The molecule has 1 aromatic carbocycles. The highest BCUT2D eigenvalue weighted by Crippen LogP contribution is 2.26. The Kier molecular flexibility index (Phi) is 7.80. The third-order valence-electron chi connectivity index (χ3n) is 7.25. The molecule has 3 aromatic heterocycles. The number of rotatable bonds is 9. The fourth-order valence-corrected chi connectivity index (χ4v) is 5.27. The lowest BCUT2D eigenvalue weighted by Gasteiger charge is -2.36. The van der Waals surface area contributed by atoms with Gasteiger partial charge in [0, 0.05) is 62.7 Å². The van der Waals surface area contributed by atoms with Crippen LogP contribution in [0, 0.1) is 6.92 Å². The number of fused-ring (bicyclic) bond motifs is 1. The maximum atomic E-state index is 13.1. The van der Waals surface area contributed by atoms with Crippen LogP contribution < -0.4 is 10.2 Å². The molecule has 192 valence electrons. The molecule has 1 aliphatic heterocycles. The van der Waals surface area contributed by atoms with Gasteiger partial charge >= 0.3 is 0 Å². The van der Waals surface area contributed by atoms with Crippen LogP contribution in [0.1, 0.15) is 35.8 Å². The molecule has 1 amide bonds. The van der Waals surface area contributed by atoms with Gasteiger partial charge in [-0.2, -0.15) is 0 Å². The normalized spacial score (nSPS) is 14.3. The number of piperazine rings is 1. The van der Waals surface area contributed by atoms with Gasteiger partial charge in [0.25, 0.3) is 5.91 Å². The van der Waals surface area contributed by atoms with Gasteiger partial charge in [-0.1, -0.05) is 31.2 Å². The monoisotopic (exact) mass is 496 g/mol. The highest BCUT2D eigenvalue weighted by atomic mass is 16.1. The number of nitrogens with one attached hydrogen (secondary N) is 1. The zero-order valence-electron chi connectivity index (χ0n) is 21.9. The van der Waals surface area contributed by atoms with Crippen LogP contribution in [0.5, 0.6) is 0 Å². The van der Waals surface area contributed by atoms with Crippen LogP contribution in [0.2, 0.25) is 0 Å². The summed E-state index contributed by atoms with van der Waals surface area (Å²) in [5.41, 5.74) is 5.95. The van der Waals surface area contributed by atoms with Gasteiger partial charge in [0.05, 0.1) is 28.2 Å². The molecule has 0 unspecified atom stereocenters. The Balaban J connectivity index is 1.12. The maximum absolute atomic E-state index is 13.1. The van der Waals surface area contributed by atoms with Gasteiger partial charge < -0.3 is 14.8 Å². The molecule has 1 N–H and O–H groups in total. The minimum Gasteiger partial charge on any atom is -0.367 e. The number of aromatic nitrogens is 3. The van der Waals surface area contributed by atoms with Crippen molar-refractivity contribution < 1.29 is 4.79 Å². The average molecular weight is 497 g/mol. The Morgan fingerprint density at radius 1 is 0.946 bits per heavy atom. The highest BCUT2D eigenvalue weighted by molar-refractivity contribution is 5.96. The molecule has 0 aliphatic carbocycles. The van der Waals surface area contributed by atoms with E-state index < -0.39 is 0 Å². The van der Waals surface area contributed by atoms with E-state index in [1.807, 2.05) is 43.5 Å². The van der Waals surface area contributed by atoms with Gasteiger partial charge in [-0.25, -0.2) is 0 Å². The van der Waals surface area contributed by atoms with Gasteiger partial charge in [-0.15, -0.1) is 0 Å². The molecule has 5 rings (SSSR count). The second-order valence-corrected chi connectivity index (χ2v) is 9.69. The van der Waals surface area contributed by atoms with E-state index in [9.17, 15) is 4.79 Å². The first-order chi connectivity index (χ1) is 18.2. The smallest absolute Gasteiger partial charge is 0.253 e. The number of para-hydroxylation sites is 1. The van der Waals surface area contributed by atoms with Crippen LogP contribution in [-0.2, 0) is 6.54 Å². The van der Waals surface area contributed by atoms with Crippen molar-refractivity contribution in [3.8, 4) is 11.4 Å². The summed E-state index contributed by atoms with van der Waals surface area (Å²) < 4.78 is 2.21. The molecular weight excluding hydrogens is 460 g/mol. The molecule has 7 nitrogen and oxygen atoms in total. The minimum absolute atomic E-state index is 0.00203. The molecule has 0 atom stereocenters. The van der Waals surface area contributed by atoms with E-state index in [-0.39, 0.29) is 5.91 Å². The lowest BCUT2D eigenvalue weighted by Crippen LogP contribution is -2.47. The summed E-state index contributed by atoms with van der Waals surface area (Å²) in [6.07, 6.45) is 5.60. The van der Waals surface area contributed by atoms with Crippen LogP contribution >= 0.6 is 0 Å². The lowest BCUT2D eigenvalue weighted by atomic mass is 10.1. The third-order valence-corrected chi connectivity index (χ3v) is 7.25. The second-order valence-electron chi connectivity index (χ2n) is 9.69. The molecule has 0 bridgehead atoms. The predicted molar refractivity (Wildman–Crippen MR) is 150 cm³/mol. The molecule has 1 saturated heterocycles. The van der Waals surface area contributed by atoms with E-state index in [1.165, 1.54) is 11.1 Å². The highest BCUT2D eigenvalue weighted by Gasteiger charge is 2.20. The second kappa shape index (κ2) is 11.6. The van der Waals surface area contributed by atoms with Crippen LogP contribution in [0.4, 0.5) is 5.69 Å². The summed E-state index contributed by atoms with van der Waals surface area (Å²) in [4.78, 5) is 27.1. The van der Waals surface area contributed by atoms with Crippen molar-refractivity contribution in [2.24, 2.45) is 0 Å². The zero-order valence-corrected chi connectivity index (χ0v) is 21.9. The van der Waals surface area contributed by atoms with Gasteiger partial charge in [-0.05, 0) is 56.6 Å². The first-order valence-corrected chi connectivity index (χ1v) is 13.4. The fraction of sp³-hybridized carbons (Fsp3) is 0.367. The van der Waals surface area contributed by atoms with Crippen LogP contribution in [0.25, 0.3) is 22.3 Å². The van der Waals surface area contributed by atoms with E-state index in [0.29, 0.717) is 6.54 Å². The molecule has 4 aromatic rings. The topological polar surface area (TPSA) is 66.3 Å². The predicted octanol–water partition coefficient (Wildman–Crippen LogP) is 4.76. The number of hydrogen-bond acceptors (Lipinski definition) is 5. The minimum atomic E-state index is -0.00203. The maximum Gasteiger partial charge on any atom is 0.253 e. The molecule has 0 saturated carbocycles. The third kappa shape index (κ3) is 5.52. The Morgan fingerprint density at radius 3 is 2.54 bits per heavy atom. The number of carbonyl (C=O) groups excluding carboxylic acids is 1. The molecule has 0 radical (unpaired) electrons. The molecule has 1 aliphatic rings. The first-order valence-electron chi connectivity index (χ1n) is 13.4. The van der Waals surface area contributed by atoms with E-state index in [2.05, 4.69) is 60.8 Å². The molecule has 0 spiro atoms. The van der Waals surface area contributed by atoms with Crippen LogP contribution in [0.3, 0.4) is 0 Å². The largest absolute Gasteiger partial charge is 0.367 e. The molecule has 1 fully saturated rings. The number of pyridine rings is 2. The summed E-state index contributed by atoms with van der Waals surface area (Å²) in [5, 5.41) is 4.34. The van der Waals surface area contributed by atoms with Gasteiger partial charge in [0.15, 0.2) is 0 Å². The van der Waals surface area contributed by atoms with Crippen molar-refractivity contribution in [1.82, 2.24) is 24.8 Å². The summed E-state index contributed by atoms with van der Waals surface area (Å²) in [6, 6.07) is 18.4. The zero-order chi connectivity index (χ0) is 25.6. The first kappa shape index (κ1) is 25.0. The summed E-state index contributed by atoms with van der Waals surface area (Å²) in [7, 11) is 0. The van der Waals surface area contributed by atoms with Crippen molar-refractivity contribution in [1.29, 1.82) is 0 Å². The summed E-state index contributed by atoms with van der Waals surface area (Å²) in [6.45, 7) is 10.7. The van der Waals surface area contributed by atoms with E-state index in [0.717, 1.165) is 80.3 Å². The summed E-state index contributed by atoms with van der Waals surface area (Å²) in [5.74, 6) is -0.00203. The number of benzene rings is 1. The number of nitrogens with zero attached hydrogens (tertiary/aromatic N) is 5. The standard InChI is InChI=1S/C30H36N6O/c1-3-16-36-23(2)25(22-28(36)26-11-4-5-13-31-26)30(37)33-15-8-17-34-18-20-35(21-19-34)27-12-6-9-24-10-7-14-32-29(24)27/h4-7,9-14,22H,3,8,15-21H2,1-2H3,(H,33,37). The molecule has 4 heterocycles. The number of hydrogen-bond donors (Lipinski definition) is 1. The van der Waals surface area contributed by atoms with E-state index in [1.54, 1.807) is 6.20 Å². The van der Waals surface area contributed by atoms with Crippen molar-refractivity contribution in [2.75, 3.05) is 44.2 Å². The van der Waals surface area contributed by atoms with Crippen molar-refractivity contribution in [2.45, 2.75) is 33.2 Å². The van der Waals surface area contributed by atoms with Gasteiger partial charge in [0.1, 0.15) is 0 Å². The number of amides is 1. The summed E-state index contributed by atoms with van der Waals surface area (Å²) >= 11 is 0.